The van der Waals surface area contributed by atoms with Crippen molar-refractivity contribution in [3.05, 3.63) is 0 Å². The van der Waals surface area contributed by atoms with E-state index in [1.54, 1.807) is 11.9 Å². The SMILES string of the molecule is CSN1CN2CCCC2=N1. The highest BCUT2D eigenvalue weighted by Gasteiger charge is 2.26. The Morgan fingerprint density at radius 1 is 1.60 bits per heavy atom. The maximum absolute atomic E-state index is 4.41. The molecule has 1 fully saturated rings. The van der Waals surface area contributed by atoms with E-state index in [-0.39, 0.29) is 0 Å². The molecule has 2 aliphatic heterocycles. The fraction of sp³-hybridized carbons (Fsp3) is 0.833. The first-order chi connectivity index (χ1) is 4.90. The second kappa shape index (κ2) is 2.34. The second-order valence-electron chi connectivity index (χ2n) is 2.56. The van der Waals surface area contributed by atoms with Crippen LogP contribution >= 0.6 is 11.9 Å². The first-order valence-corrected chi connectivity index (χ1v) is 4.72. The van der Waals surface area contributed by atoms with Crippen molar-refractivity contribution in [2.75, 3.05) is 19.5 Å². The van der Waals surface area contributed by atoms with E-state index in [0.717, 1.165) is 6.67 Å². The van der Waals surface area contributed by atoms with Crippen LogP contribution in [0.3, 0.4) is 0 Å². The summed E-state index contributed by atoms with van der Waals surface area (Å²) in [7, 11) is 0. The molecule has 0 saturated carbocycles. The van der Waals surface area contributed by atoms with Crippen LogP contribution in [0.15, 0.2) is 5.10 Å². The molecule has 2 rings (SSSR count). The minimum absolute atomic E-state index is 0.997. The molecule has 0 N–H and O–H groups in total. The molecule has 0 radical (unpaired) electrons. The van der Waals surface area contributed by atoms with Crippen LogP contribution in [-0.4, -0.2) is 34.6 Å². The summed E-state index contributed by atoms with van der Waals surface area (Å²) in [5.41, 5.74) is 0. The van der Waals surface area contributed by atoms with Gasteiger partial charge in [0.15, 0.2) is 0 Å². The van der Waals surface area contributed by atoms with Crippen molar-refractivity contribution >= 4 is 17.8 Å². The van der Waals surface area contributed by atoms with E-state index in [1.807, 2.05) is 4.41 Å². The van der Waals surface area contributed by atoms with E-state index in [4.69, 9.17) is 0 Å². The first-order valence-electron chi connectivity index (χ1n) is 3.54. The summed E-state index contributed by atoms with van der Waals surface area (Å²) in [5, 5.41) is 4.41. The molecule has 0 atom stereocenters. The summed E-state index contributed by atoms with van der Waals surface area (Å²) in [6, 6.07) is 0. The molecular weight excluding hydrogens is 146 g/mol. The van der Waals surface area contributed by atoms with Gasteiger partial charge in [-0.1, -0.05) is 0 Å². The van der Waals surface area contributed by atoms with Crippen LogP contribution in [0.4, 0.5) is 0 Å². The van der Waals surface area contributed by atoms with Crippen LogP contribution in [-0.2, 0) is 0 Å². The van der Waals surface area contributed by atoms with E-state index >= 15 is 0 Å². The Balaban J connectivity index is 2.08. The van der Waals surface area contributed by atoms with Gasteiger partial charge in [0.2, 0.25) is 0 Å². The number of hydrogen-bond acceptors (Lipinski definition) is 4. The third kappa shape index (κ3) is 0.868. The van der Waals surface area contributed by atoms with Gasteiger partial charge in [-0.15, -0.1) is 0 Å². The predicted octanol–water partition coefficient (Wildman–Crippen LogP) is 0.947. The smallest absolute Gasteiger partial charge is 0.127 e. The van der Waals surface area contributed by atoms with Crippen LogP contribution in [0.5, 0.6) is 0 Å². The molecule has 10 heavy (non-hydrogen) atoms. The number of fused-ring (bicyclic) bond motifs is 1. The zero-order valence-corrected chi connectivity index (χ0v) is 6.89. The Hall–Kier alpha value is -0.380. The monoisotopic (exact) mass is 157 g/mol. The van der Waals surface area contributed by atoms with Gasteiger partial charge in [-0.05, 0) is 18.4 Å². The Morgan fingerprint density at radius 3 is 3.20 bits per heavy atom. The van der Waals surface area contributed by atoms with Crippen LogP contribution in [0.25, 0.3) is 0 Å². The quantitative estimate of drug-likeness (QED) is 0.528. The lowest BCUT2D eigenvalue weighted by atomic mass is 10.4. The highest BCUT2D eigenvalue weighted by Crippen LogP contribution is 2.22. The fourth-order valence-electron chi connectivity index (χ4n) is 1.39. The van der Waals surface area contributed by atoms with Crippen molar-refractivity contribution in [1.29, 1.82) is 0 Å². The maximum atomic E-state index is 4.41. The molecule has 0 bridgehead atoms. The summed E-state index contributed by atoms with van der Waals surface area (Å²) in [5.74, 6) is 1.29. The molecule has 4 heteroatoms. The van der Waals surface area contributed by atoms with Gasteiger partial charge >= 0.3 is 0 Å². The number of nitrogens with zero attached hydrogens (tertiary/aromatic N) is 3. The van der Waals surface area contributed by atoms with Gasteiger partial charge in [0.1, 0.15) is 12.5 Å². The van der Waals surface area contributed by atoms with Gasteiger partial charge < -0.3 is 4.90 Å². The summed E-state index contributed by atoms with van der Waals surface area (Å²) < 4.78 is 2.04. The molecule has 0 unspecified atom stereocenters. The topological polar surface area (TPSA) is 18.8 Å². The average Bonchev–Trinajstić information content (AvgIpc) is 2.42. The van der Waals surface area contributed by atoms with Gasteiger partial charge in [0.05, 0.1) is 0 Å². The molecule has 0 aromatic carbocycles. The van der Waals surface area contributed by atoms with E-state index in [1.165, 1.54) is 25.2 Å². The molecule has 3 nitrogen and oxygen atoms in total. The van der Waals surface area contributed by atoms with Crippen molar-refractivity contribution in [2.45, 2.75) is 12.8 Å². The Bertz CT molecular complexity index is 168. The molecule has 0 amide bonds. The van der Waals surface area contributed by atoms with Gasteiger partial charge in [-0.2, -0.15) is 5.10 Å². The first kappa shape index (κ1) is 6.34. The van der Waals surface area contributed by atoms with Crippen LogP contribution < -0.4 is 0 Å². The summed E-state index contributed by atoms with van der Waals surface area (Å²) in [6.45, 7) is 2.20. The average molecular weight is 157 g/mol. The maximum Gasteiger partial charge on any atom is 0.127 e. The minimum atomic E-state index is 0.997. The van der Waals surface area contributed by atoms with Crippen LogP contribution in [0, 0.1) is 0 Å². The molecular formula is C6H11N3S. The van der Waals surface area contributed by atoms with Crippen LogP contribution in [0.1, 0.15) is 12.8 Å². The highest BCUT2D eigenvalue weighted by molar-refractivity contribution is 7.96. The molecule has 56 valence electrons. The largest absolute Gasteiger partial charge is 0.338 e. The van der Waals surface area contributed by atoms with Crippen molar-refractivity contribution in [1.82, 2.24) is 9.31 Å². The molecule has 0 aromatic heterocycles. The van der Waals surface area contributed by atoms with E-state index in [0.29, 0.717) is 0 Å². The number of rotatable bonds is 1. The third-order valence-corrected chi connectivity index (χ3v) is 2.54. The van der Waals surface area contributed by atoms with Gasteiger partial charge in [0, 0.05) is 19.2 Å². The highest BCUT2D eigenvalue weighted by atomic mass is 32.2. The van der Waals surface area contributed by atoms with E-state index in [9.17, 15) is 0 Å². The molecule has 2 heterocycles. The normalized spacial score (nSPS) is 23.5. The molecule has 0 spiro atoms. The zero-order valence-electron chi connectivity index (χ0n) is 6.08. The lowest BCUT2D eigenvalue weighted by molar-refractivity contribution is 0.369. The lowest BCUT2D eigenvalue weighted by Crippen LogP contribution is -2.23. The number of amidine groups is 1. The van der Waals surface area contributed by atoms with Gasteiger partial charge in [-0.3, -0.25) is 0 Å². The van der Waals surface area contributed by atoms with Crippen LogP contribution in [0.2, 0.25) is 0 Å². The predicted molar refractivity (Wildman–Crippen MR) is 43.6 cm³/mol. The Labute approximate surface area is 65.2 Å². The van der Waals surface area contributed by atoms with E-state index in [2.05, 4.69) is 16.3 Å². The van der Waals surface area contributed by atoms with Crippen molar-refractivity contribution in [3.63, 3.8) is 0 Å². The molecule has 0 aromatic rings. The summed E-state index contributed by atoms with van der Waals surface area (Å²) in [6.07, 6.45) is 4.53. The van der Waals surface area contributed by atoms with Crippen molar-refractivity contribution in [2.24, 2.45) is 5.10 Å². The Morgan fingerprint density at radius 2 is 2.50 bits per heavy atom. The van der Waals surface area contributed by atoms with Crippen molar-refractivity contribution < 1.29 is 0 Å². The Kier molecular flexibility index (Phi) is 1.48. The summed E-state index contributed by atoms with van der Waals surface area (Å²) in [4.78, 5) is 2.34. The molecule has 1 saturated heterocycles. The summed E-state index contributed by atoms with van der Waals surface area (Å²) >= 11 is 1.69. The standard InChI is InChI=1S/C6H11N3S/c1-10-9-5-8-4-2-3-6(8)7-9/h2-5H2,1H3. The van der Waals surface area contributed by atoms with Crippen molar-refractivity contribution in [3.8, 4) is 0 Å². The number of hydrazone groups is 1. The molecule has 2 aliphatic rings. The molecule has 0 aliphatic carbocycles. The third-order valence-electron chi connectivity index (χ3n) is 1.92. The van der Waals surface area contributed by atoms with Gasteiger partial charge in [-0.25, -0.2) is 4.41 Å². The number of hydrogen-bond donors (Lipinski definition) is 0. The fourth-order valence-corrected chi connectivity index (χ4v) is 1.82. The van der Waals surface area contributed by atoms with E-state index < -0.39 is 0 Å². The van der Waals surface area contributed by atoms with Gasteiger partial charge in [0.25, 0.3) is 0 Å². The zero-order chi connectivity index (χ0) is 6.97. The second-order valence-corrected chi connectivity index (χ2v) is 3.35. The minimum Gasteiger partial charge on any atom is -0.338 e. The lowest BCUT2D eigenvalue weighted by Gasteiger charge is -2.13.